The van der Waals surface area contributed by atoms with Gasteiger partial charge in [-0.2, -0.15) is 0 Å². The van der Waals surface area contributed by atoms with Gasteiger partial charge in [-0.1, -0.05) is 0 Å². The minimum absolute atomic E-state index is 0.105. The molecule has 1 aliphatic heterocycles. The zero-order valence-corrected chi connectivity index (χ0v) is 20.8. The molecular formula is C16H14N11O13P. The number of hydrogen-bond acceptors (Lipinski definition) is 16. The summed E-state index contributed by atoms with van der Waals surface area (Å²) in [6.07, 6.45) is -5.53. The van der Waals surface area contributed by atoms with E-state index in [9.17, 15) is 44.7 Å². The molecular weight excluding hydrogens is 585 g/mol. The van der Waals surface area contributed by atoms with Crippen LogP contribution in [-0.2, 0) is 18.9 Å². The van der Waals surface area contributed by atoms with Crippen LogP contribution in [0, 0.1) is 30.3 Å². The van der Waals surface area contributed by atoms with Gasteiger partial charge in [0.2, 0.25) is 5.95 Å². The Morgan fingerprint density at radius 2 is 1.78 bits per heavy atom. The van der Waals surface area contributed by atoms with Gasteiger partial charge in [-0.15, -0.1) is 4.67 Å². The fraction of sp³-hybridized carbons (Fsp3) is 0.312. The van der Waals surface area contributed by atoms with Crippen LogP contribution in [0.15, 0.2) is 23.6 Å². The molecule has 0 bridgehead atoms. The molecule has 216 valence electrons. The molecule has 1 saturated heterocycles. The lowest BCUT2D eigenvalue weighted by Gasteiger charge is -2.24. The third-order valence-corrected chi connectivity index (χ3v) is 5.72. The number of aromatic nitrogens is 4. The zero-order valence-electron chi connectivity index (χ0n) is 19.9. The monoisotopic (exact) mass is 599 g/mol. The van der Waals surface area contributed by atoms with E-state index in [2.05, 4.69) is 29.7 Å². The first kappa shape index (κ1) is 28.9. The van der Waals surface area contributed by atoms with Crippen molar-refractivity contribution in [3.05, 3.63) is 59.2 Å². The lowest BCUT2D eigenvalue weighted by molar-refractivity contribution is -0.405. The normalized spacial score (nSPS) is 20.5. The van der Waals surface area contributed by atoms with Crippen molar-refractivity contribution in [2.45, 2.75) is 31.5 Å². The fourth-order valence-electron chi connectivity index (χ4n) is 3.86. The van der Waals surface area contributed by atoms with Crippen molar-refractivity contribution >= 4 is 47.8 Å². The third kappa shape index (κ3) is 5.64. The molecule has 1 aromatic carbocycles. The van der Waals surface area contributed by atoms with Crippen LogP contribution in [0.4, 0.5) is 28.8 Å². The Labute approximate surface area is 223 Å². The molecule has 25 heteroatoms. The molecule has 2 aromatic heterocycles. The highest BCUT2D eigenvalue weighted by atomic mass is 31.2. The Morgan fingerprint density at radius 3 is 2.32 bits per heavy atom. The van der Waals surface area contributed by atoms with Crippen LogP contribution in [0.3, 0.4) is 0 Å². The molecule has 3 aromatic rings. The maximum atomic E-state index is 11.7. The molecule has 41 heavy (non-hydrogen) atoms. The summed E-state index contributed by atoms with van der Waals surface area (Å²) in [4.78, 5) is 68.9. The molecule has 4 rings (SSSR count). The van der Waals surface area contributed by atoms with E-state index in [1.54, 1.807) is 0 Å². The SMILES string of the molecule is C[C@H]1O[C@@H](n2c(N=[N+]=[N-])nc3c(N)ncnc32)[C@H](OOP(=O)(O)O)[C@@H]1Oc1c([N+](=O)[O-])cc([N+](=O)[O-])cc1[N+](=O)[O-]. The Hall–Kier alpha value is -5.09. The van der Waals surface area contributed by atoms with Gasteiger partial charge in [-0.3, -0.25) is 34.9 Å². The van der Waals surface area contributed by atoms with Crippen LogP contribution in [0.1, 0.15) is 13.2 Å². The van der Waals surface area contributed by atoms with Crippen LogP contribution in [0.5, 0.6) is 5.75 Å². The number of phosphoric acid groups is 1. The topological polar surface area (TPSA) is 342 Å². The average Bonchev–Trinajstić information content (AvgIpc) is 3.39. The van der Waals surface area contributed by atoms with Crippen LogP contribution < -0.4 is 10.5 Å². The number of rotatable bonds is 10. The second-order valence-electron chi connectivity index (χ2n) is 7.93. The predicted octanol–water partition coefficient (Wildman–Crippen LogP) is 1.85. The van der Waals surface area contributed by atoms with Gasteiger partial charge >= 0.3 is 19.2 Å². The van der Waals surface area contributed by atoms with E-state index >= 15 is 0 Å². The summed E-state index contributed by atoms with van der Waals surface area (Å²) in [7, 11) is -5.38. The van der Waals surface area contributed by atoms with E-state index in [0.29, 0.717) is 12.1 Å². The van der Waals surface area contributed by atoms with Gasteiger partial charge in [-0.25, -0.2) is 24.4 Å². The summed E-state index contributed by atoms with van der Waals surface area (Å²) >= 11 is 0. The van der Waals surface area contributed by atoms with Crippen molar-refractivity contribution in [2.24, 2.45) is 5.11 Å². The Morgan fingerprint density at radius 1 is 1.15 bits per heavy atom. The van der Waals surface area contributed by atoms with Gasteiger partial charge in [0, 0.05) is 4.91 Å². The molecule has 24 nitrogen and oxygen atoms in total. The summed E-state index contributed by atoms with van der Waals surface area (Å²) in [5.74, 6) is -1.72. The number of ether oxygens (including phenoxy) is 2. The number of nitrogens with zero attached hydrogens (tertiary/aromatic N) is 10. The van der Waals surface area contributed by atoms with Crippen LogP contribution >= 0.6 is 7.82 Å². The number of benzene rings is 1. The summed E-state index contributed by atoms with van der Waals surface area (Å²) in [6, 6.07) is 0.816. The number of nitrogens with two attached hydrogens (primary N) is 1. The molecule has 3 heterocycles. The van der Waals surface area contributed by atoms with E-state index in [1.165, 1.54) is 6.92 Å². The van der Waals surface area contributed by atoms with E-state index in [4.69, 9.17) is 25.6 Å². The Kier molecular flexibility index (Phi) is 7.63. The van der Waals surface area contributed by atoms with Gasteiger partial charge < -0.3 is 25.0 Å². The number of anilines is 1. The van der Waals surface area contributed by atoms with Crippen molar-refractivity contribution in [3.8, 4) is 5.75 Å². The number of hydrogen-bond donors (Lipinski definition) is 3. The van der Waals surface area contributed by atoms with Gasteiger partial charge in [0.1, 0.15) is 6.33 Å². The number of azide groups is 1. The predicted molar refractivity (Wildman–Crippen MR) is 127 cm³/mol. The molecule has 0 spiro atoms. The number of fused-ring (bicyclic) bond motifs is 1. The highest BCUT2D eigenvalue weighted by Crippen LogP contribution is 2.46. The molecule has 0 amide bonds. The Bertz CT molecular complexity index is 1630. The lowest BCUT2D eigenvalue weighted by Crippen LogP contribution is -2.38. The van der Waals surface area contributed by atoms with E-state index in [-0.39, 0.29) is 17.0 Å². The summed E-state index contributed by atoms with van der Waals surface area (Å²) in [5, 5.41) is 38.0. The minimum atomic E-state index is -5.38. The number of nitro groups is 3. The number of nitro benzene ring substituents is 3. The average molecular weight is 599 g/mol. The molecule has 0 unspecified atom stereocenters. The molecule has 0 aliphatic carbocycles. The molecule has 0 saturated carbocycles. The van der Waals surface area contributed by atoms with Crippen molar-refractivity contribution < 1.29 is 48.2 Å². The quantitative estimate of drug-likeness (QED) is 0.0568. The van der Waals surface area contributed by atoms with E-state index < -0.39 is 75.9 Å². The number of nitrogen functional groups attached to an aromatic ring is 1. The standard InChI is InChI=1S/C16H14N11O13P/c1-5-10(38-11-7(26(30)31)2-6(25(28)29)3-8(11)27(32)33)12(39-40-41(34,35)36)15(37-5)24-14-9(13(17)19-4-20-14)21-16(24)22-23-18/h2-5,10,12,15H,1H3,(H2,17,19,20)(H2,34,35,36)/t5-,10-,12-,15-/m1/s1. The molecule has 4 N–H and O–H groups in total. The van der Waals surface area contributed by atoms with Crippen molar-refractivity contribution in [1.29, 1.82) is 0 Å². The van der Waals surface area contributed by atoms with Gasteiger partial charge in [0.15, 0.2) is 35.4 Å². The highest BCUT2D eigenvalue weighted by Gasteiger charge is 2.51. The zero-order chi connectivity index (χ0) is 30.2. The van der Waals surface area contributed by atoms with Crippen molar-refractivity contribution in [2.75, 3.05) is 5.73 Å². The second kappa shape index (κ2) is 10.8. The molecule has 0 radical (unpaired) electrons. The first-order chi connectivity index (χ1) is 19.2. The largest absolute Gasteiger partial charge is 0.496 e. The molecule has 4 atom stereocenters. The first-order valence-corrected chi connectivity index (χ1v) is 12.1. The maximum absolute atomic E-state index is 11.7. The first-order valence-electron chi connectivity index (χ1n) is 10.6. The van der Waals surface area contributed by atoms with Gasteiger partial charge in [0.05, 0.1) is 33.0 Å². The molecule has 1 aliphatic rings. The van der Waals surface area contributed by atoms with Crippen molar-refractivity contribution in [1.82, 2.24) is 19.5 Å². The summed E-state index contributed by atoms with van der Waals surface area (Å²) in [6.45, 7) is 1.28. The van der Waals surface area contributed by atoms with E-state index in [1.807, 2.05) is 0 Å². The third-order valence-electron chi connectivity index (χ3n) is 5.44. The van der Waals surface area contributed by atoms with E-state index in [0.717, 1.165) is 10.9 Å². The van der Waals surface area contributed by atoms with Crippen LogP contribution in [0.2, 0.25) is 0 Å². The minimum Gasteiger partial charge on any atom is -0.473 e. The second-order valence-corrected chi connectivity index (χ2v) is 9.06. The fourth-order valence-corrected chi connectivity index (χ4v) is 4.07. The van der Waals surface area contributed by atoms with Gasteiger partial charge in [-0.05, 0) is 17.6 Å². The van der Waals surface area contributed by atoms with Crippen molar-refractivity contribution in [3.63, 3.8) is 0 Å². The molecule has 1 fully saturated rings. The smallest absolute Gasteiger partial charge is 0.473 e. The summed E-state index contributed by atoms with van der Waals surface area (Å²) in [5.41, 5.74) is 11.2. The lowest BCUT2D eigenvalue weighted by atomic mass is 10.1. The number of imidazole rings is 1. The van der Waals surface area contributed by atoms with Gasteiger partial charge in [0.25, 0.3) is 11.4 Å². The Balaban J connectivity index is 1.89. The number of non-ortho nitro benzene ring substituents is 1. The maximum Gasteiger partial charge on any atom is 0.496 e. The summed E-state index contributed by atoms with van der Waals surface area (Å²) < 4.78 is 27.9. The van der Waals surface area contributed by atoms with Crippen LogP contribution in [0.25, 0.3) is 21.6 Å². The van der Waals surface area contributed by atoms with Crippen LogP contribution in [-0.4, -0.2) is 62.4 Å². The highest BCUT2D eigenvalue weighted by molar-refractivity contribution is 7.46.